The molecule has 1 aliphatic carbocycles. The maximum atomic E-state index is 5.91. The van der Waals surface area contributed by atoms with Crippen molar-refractivity contribution in [2.75, 3.05) is 6.61 Å². The smallest absolute Gasteiger partial charge is 0.127 e. The first-order valence-electron chi connectivity index (χ1n) is 7.35. The Balaban J connectivity index is 1.78. The van der Waals surface area contributed by atoms with Crippen molar-refractivity contribution in [3.8, 4) is 5.75 Å². The van der Waals surface area contributed by atoms with Crippen LogP contribution >= 0.6 is 31.9 Å². The first-order valence-corrected chi connectivity index (χ1v) is 9.06. The van der Waals surface area contributed by atoms with Crippen LogP contribution in [0.3, 0.4) is 0 Å². The standard InChI is InChI=1S/C18H16Br2O/c19-14-10-12-6-9-21-16(12)15(11-14)17(20)18(7-8-18)13-4-2-1-3-5-13/h1-5,10-11,17H,6-9H2. The van der Waals surface area contributed by atoms with Crippen molar-refractivity contribution in [3.63, 3.8) is 0 Å². The van der Waals surface area contributed by atoms with Crippen LogP contribution in [0.4, 0.5) is 0 Å². The third-order valence-electron chi connectivity index (χ3n) is 4.67. The lowest BCUT2D eigenvalue weighted by molar-refractivity contribution is 0.352. The van der Waals surface area contributed by atoms with Gasteiger partial charge in [-0.15, -0.1) is 0 Å². The van der Waals surface area contributed by atoms with E-state index >= 15 is 0 Å². The number of rotatable bonds is 3. The van der Waals surface area contributed by atoms with Crippen molar-refractivity contribution in [2.24, 2.45) is 0 Å². The molecule has 0 N–H and O–H groups in total. The van der Waals surface area contributed by atoms with Gasteiger partial charge in [-0.05, 0) is 36.1 Å². The molecule has 0 amide bonds. The molecule has 2 aromatic carbocycles. The van der Waals surface area contributed by atoms with Gasteiger partial charge in [0.05, 0.1) is 11.4 Å². The molecule has 0 aromatic heterocycles. The second-order valence-corrected chi connectivity index (χ2v) is 7.80. The van der Waals surface area contributed by atoms with Gasteiger partial charge in [-0.3, -0.25) is 0 Å². The van der Waals surface area contributed by atoms with Gasteiger partial charge >= 0.3 is 0 Å². The molecular weight excluding hydrogens is 392 g/mol. The summed E-state index contributed by atoms with van der Waals surface area (Å²) in [6.07, 6.45) is 3.47. The number of hydrogen-bond donors (Lipinski definition) is 0. The first-order chi connectivity index (χ1) is 10.2. The highest BCUT2D eigenvalue weighted by Crippen LogP contribution is 2.61. The topological polar surface area (TPSA) is 9.23 Å². The van der Waals surface area contributed by atoms with E-state index < -0.39 is 0 Å². The maximum Gasteiger partial charge on any atom is 0.127 e. The monoisotopic (exact) mass is 406 g/mol. The molecular formula is C18H16Br2O. The van der Waals surface area contributed by atoms with Gasteiger partial charge in [0.2, 0.25) is 0 Å². The average Bonchev–Trinajstić information content (AvgIpc) is 3.19. The van der Waals surface area contributed by atoms with Crippen LogP contribution < -0.4 is 4.74 Å². The minimum atomic E-state index is 0.224. The van der Waals surface area contributed by atoms with Crippen molar-refractivity contribution in [1.29, 1.82) is 0 Å². The summed E-state index contributed by atoms with van der Waals surface area (Å²) in [4.78, 5) is 0.303. The van der Waals surface area contributed by atoms with Crippen molar-refractivity contribution < 1.29 is 4.74 Å². The Morgan fingerprint density at radius 2 is 1.86 bits per heavy atom. The van der Waals surface area contributed by atoms with Crippen LogP contribution in [0.25, 0.3) is 0 Å². The van der Waals surface area contributed by atoms with Crippen molar-refractivity contribution >= 4 is 31.9 Å². The zero-order chi connectivity index (χ0) is 14.4. The Hall–Kier alpha value is -0.800. The minimum absolute atomic E-state index is 0.224. The van der Waals surface area contributed by atoms with E-state index in [-0.39, 0.29) is 5.41 Å². The fourth-order valence-electron chi connectivity index (χ4n) is 3.38. The largest absolute Gasteiger partial charge is 0.493 e. The lowest BCUT2D eigenvalue weighted by Crippen LogP contribution is -2.14. The van der Waals surface area contributed by atoms with E-state index in [9.17, 15) is 0 Å². The molecule has 1 saturated carbocycles. The fourth-order valence-corrected chi connectivity index (χ4v) is 4.96. The van der Waals surface area contributed by atoms with Crippen LogP contribution in [0.2, 0.25) is 0 Å². The molecule has 3 heteroatoms. The van der Waals surface area contributed by atoms with Crippen LogP contribution in [-0.2, 0) is 11.8 Å². The third-order valence-corrected chi connectivity index (χ3v) is 6.50. The molecule has 1 heterocycles. The Morgan fingerprint density at radius 3 is 2.57 bits per heavy atom. The van der Waals surface area contributed by atoms with Crippen LogP contribution in [0, 0.1) is 0 Å². The molecule has 1 unspecified atom stereocenters. The molecule has 21 heavy (non-hydrogen) atoms. The van der Waals surface area contributed by atoms with Gasteiger partial charge in [0.1, 0.15) is 5.75 Å². The zero-order valence-corrected chi connectivity index (χ0v) is 14.8. The zero-order valence-electron chi connectivity index (χ0n) is 11.6. The minimum Gasteiger partial charge on any atom is -0.493 e. The van der Waals surface area contributed by atoms with Crippen molar-refractivity contribution in [1.82, 2.24) is 0 Å². The van der Waals surface area contributed by atoms with Gasteiger partial charge in [0, 0.05) is 21.9 Å². The van der Waals surface area contributed by atoms with Gasteiger partial charge < -0.3 is 4.74 Å². The summed E-state index contributed by atoms with van der Waals surface area (Å²) >= 11 is 7.64. The molecule has 0 radical (unpaired) electrons. The first kappa shape index (κ1) is 13.8. The number of alkyl halides is 1. The molecule has 2 aliphatic rings. The molecule has 0 spiro atoms. The predicted octanol–water partition coefficient (Wildman–Crippen LogP) is 5.55. The summed E-state index contributed by atoms with van der Waals surface area (Å²) < 4.78 is 7.06. The molecule has 2 aromatic rings. The van der Waals surface area contributed by atoms with Gasteiger partial charge in [0.15, 0.2) is 0 Å². The summed E-state index contributed by atoms with van der Waals surface area (Å²) in [5.74, 6) is 1.10. The number of ether oxygens (including phenoxy) is 1. The van der Waals surface area contributed by atoms with Crippen molar-refractivity contribution in [2.45, 2.75) is 29.5 Å². The van der Waals surface area contributed by atoms with Crippen LogP contribution in [-0.4, -0.2) is 6.61 Å². The number of hydrogen-bond acceptors (Lipinski definition) is 1. The Bertz CT molecular complexity index is 677. The SMILES string of the molecule is Brc1cc2c(c(C(Br)C3(c4ccccc4)CC3)c1)OCC2. The van der Waals surface area contributed by atoms with E-state index in [0.29, 0.717) is 4.83 Å². The van der Waals surface area contributed by atoms with Crippen LogP contribution in [0.1, 0.15) is 34.4 Å². The normalized spacial score (nSPS) is 19.7. The average molecular weight is 408 g/mol. The van der Waals surface area contributed by atoms with Gasteiger partial charge in [0.25, 0.3) is 0 Å². The number of fused-ring (bicyclic) bond motifs is 1. The summed E-state index contributed by atoms with van der Waals surface area (Å²) in [6, 6.07) is 15.3. The van der Waals surface area contributed by atoms with Gasteiger partial charge in [-0.2, -0.15) is 0 Å². The second kappa shape index (κ2) is 5.13. The van der Waals surface area contributed by atoms with E-state index in [2.05, 4.69) is 74.3 Å². The second-order valence-electron chi connectivity index (χ2n) is 5.97. The molecule has 1 aliphatic heterocycles. The Labute approximate surface area is 142 Å². The Kier molecular flexibility index (Phi) is 3.38. The van der Waals surface area contributed by atoms with Gasteiger partial charge in [-0.1, -0.05) is 62.2 Å². The molecule has 1 atom stereocenters. The summed E-state index contributed by atoms with van der Waals surface area (Å²) in [5, 5.41) is 0. The molecule has 1 fully saturated rings. The maximum absolute atomic E-state index is 5.91. The highest BCUT2D eigenvalue weighted by atomic mass is 79.9. The molecule has 0 saturated heterocycles. The molecule has 4 rings (SSSR count). The quantitative estimate of drug-likeness (QED) is 0.606. The van der Waals surface area contributed by atoms with E-state index in [0.717, 1.165) is 23.2 Å². The number of benzene rings is 2. The predicted molar refractivity (Wildman–Crippen MR) is 92.4 cm³/mol. The molecule has 0 bridgehead atoms. The molecule has 1 nitrogen and oxygen atoms in total. The summed E-state index contributed by atoms with van der Waals surface area (Å²) in [6.45, 7) is 0.802. The molecule has 108 valence electrons. The summed E-state index contributed by atoms with van der Waals surface area (Å²) in [7, 11) is 0. The lowest BCUT2D eigenvalue weighted by atomic mass is 9.88. The summed E-state index contributed by atoms with van der Waals surface area (Å²) in [5.41, 5.74) is 4.27. The van der Waals surface area contributed by atoms with Gasteiger partial charge in [-0.25, -0.2) is 0 Å². The number of halogens is 2. The van der Waals surface area contributed by atoms with Crippen LogP contribution in [0.15, 0.2) is 46.9 Å². The van der Waals surface area contributed by atoms with E-state index in [4.69, 9.17) is 4.74 Å². The van der Waals surface area contributed by atoms with E-state index in [1.165, 1.54) is 29.5 Å². The highest BCUT2D eigenvalue weighted by Gasteiger charge is 2.51. The fraction of sp³-hybridized carbons (Fsp3) is 0.333. The lowest BCUT2D eigenvalue weighted by Gasteiger charge is -2.24. The van der Waals surface area contributed by atoms with Crippen molar-refractivity contribution in [3.05, 3.63) is 63.6 Å². The van der Waals surface area contributed by atoms with E-state index in [1.807, 2.05) is 0 Å². The van der Waals surface area contributed by atoms with E-state index in [1.54, 1.807) is 0 Å². The Morgan fingerprint density at radius 1 is 1.10 bits per heavy atom. The third kappa shape index (κ3) is 2.25. The highest BCUT2D eigenvalue weighted by molar-refractivity contribution is 9.10. The van der Waals surface area contributed by atoms with Crippen LogP contribution in [0.5, 0.6) is 5.75 Å².